The highest BCUT2D eigenvalue weighted by molar-refractivity contribution is 5.78. The molecule has 0 aliphatic rings. The lowest BCUT2D eigenvalue weighted by Gasteiger charge is -2.20. The molecule has 0 aliphatic heterocycles. The van der Waals surface area contributed by atoms with Gasteiger partial charge in [0.15, 0.2) is 0 Å². The van der Waals surface area contributed by atoms with Crippen LogP contribution in [0, 0.1) is 11.3 Å². The molecule has 0 radical (unpaired) electrons. The summed E-state index contributed by atoms with van der Waals surface area (Å²) in [5, 5.41) is 11.5. The Kier molecular flexibility index (Phi) is 6.77. The summed E-state index contributed by atoms with van der Waals surface area (Å²) in [6.45, 7) is 4.95. The van der Waals surface area contributed by atoms with Gasteiger partial charge in [-0.25, -0.2) is 0 Å². The van der Waals surface area contributed by atoms with Gasteiger partial charge >= 0.3 is 0 Å². The first kappa shape index (κ1) is 12.9. The van der Waals surface area contributed by atoms with E-state index in [1.807, 2.05) is 13.8 Å². The summed E-state index contributed by atoms with van der Waals surface area (Å²) in [5.41, 5.74) is 0. The summed E-state index contributed by atoms with van der Waals surface area (Å²) >= 11 is 0. The molecule has 0 rings (SSSR count). The first-order chi connectivity index (χ1) is 6.65. The van der Waals surface area contributed by atoms with Gasteiger partial charge in [0, 0.05) is 6.54 Å². The number of hydrogen-bond acceptors (Lipinski definition) is 3. The fraction of sp³-hybridized carbons (Fsp3) is 0.800. The Morgan fingerprint density at radius 3 is 2.64 bits per heavy atom. The molecule has 0 bridgehead atoms. The van der Waals surface area contributed by atoms with Gasteiger partial charge in [-0.15, -0.1) is 0 Å². The van der Waals surface area contributed by atoms with Crippen molar-refractivity contribution in [2.24, 2.45) is 0 Å². The van der Waals surface area contributed by atoms with Crippen LogP contribution in [0.25, 0.3) is 0 Å². The lowest BCUT2D eigenvalue weighted by molar-refractivity contribution is -0.122. The van der Waals surface area contributed by atoms with Crippen LogP contribution in [-0.4, -0.2) is 37.0 Å². The average molecular weight is 197 g/mol. The molecule has 1 N–H and O–H groups in total. The topological polar surface area (TPSA) is 56.1 Å². The van der Waals surface area contributed by atoms with Crippen molar-refractivity contribution in [3.8, 4) is 6.07 Å². The molecule has 0 fully saturated rings. The molecule has 0 aliphatic carbocycles. The van der Waals surface area contributed by atoms with Crippen molar-refractivity contribution >= 4 is 5.91 Å². The fourth-order valence-electron chi connectivity index (χ4n) is 1.16. The average Bonchev–Trinajstić information content (AvgIpc) is 2.16. The molecule has 0 spiro atoms. The van der Waals surface area contributed by atoms with Gasteiger partial charge < -0.3 is 5.32 Å². The lowest BCUT2D eigenvalue weighted by atomic mass is 10.2. The molecule has 0 saturated heterocycles. The molecule has 14 heavy (non-hydrogen) atoms. The molecule has 1 amide bonds. The fourth-order valence-corrected chi connectivity index (χ4v) is 1.16. The highest BCUT2D eigenvalue weighted by atomic mass is 16.2. The van der Waals surface area contributed by atoms with Crippen molar-refractivity contribution in [1.82, 2.24) is 10.2 Å². The summed E-state index contributed by atoms with van der Waals surface area (Å²) in [6.07, 6.45) is 1.68. The van der Waals surface area contributed by atoms with Gasteiger partial charge in [-0.1, -0.05) is 13.8 Å². The maximum Gasteiger partial charge on any atom is 0.234 e. The van der Waals surface area contributed by atoms with Crippen LogP contribution in [0.2, 0.25) is 0 Å². The Morgan fingerprint density at radius 2 is 2.21 bits per heavy atom. The highest BCUT2D eigenvalue weighted by Gasteiger charge is 2.14. The minimum Gasteiger partial charge on any atom is -0.355 e. The Balaban J connectivity index is 3.87. The normalized spacial score (nSPS) is 12.2. The number of carbonyl (C=O) groups excluding carboxylic acids is 1. The van der Waals surface area contributed by atoms with Crippen LogP contribution in [-0.2, 0) is 4.79 Å². The van der Waals surface area contributed by atoms with Crippen LogP contribution in [0.15, 0.2) is 0 Å². The molecule has 4 heteroatoms. The molecule has 0 aromatic carbocycles. The van der Waals surface area contributed by atoms with E-state index in [9.17, 15) is 4.79 Å². The number of nitrogens with zero attached hydrogens (tertiary/aromatic N) is 2. The van der Waals surface area contributed by atoms with Gasteiger partial charge in [0.25, 0.3) is 0 Å². The van der Waals surface area contributed by atoms with Crippen LogP contribution < -0.4 is 5.32 Å². The molecule has 1 atom stereocenters. The molecule has 0 aromatic rings. The summed E-state index contributed by atoms with van der Waals surface area (Å²) in [6, 6.07) is 1.99. The zero-order chi connectivity index (χ0) is 11.0. The third kappa shape index (κ3) is 4.83. The van der Waals surface area contributed by atoms with Crippen molar-refractivity contribution in [1.29, 1.82) is 5.26 Å². The maximum absolute atomic E-state index is 11.3. The standard InChI is InChI=1S/C10H19N3O/c1-4-6-12-10(14)8-13(3)9(5-2)7-11/h9H,4-6,8H2,1-3H3,(H,12,14). The second-order valence-electron chi connectivity index (χ2n) is 3.32. The number of rotatable bonds is 6. The second-order valence-corrected chi connectivity index (χ2v) is 3.32. The van der Waals surface area contributed by atoms with Crippen LogP contribution in [0.4, 0.5) is 0 Å². The van der Waals surface area contributed by atoms with Crippen molar-refractivity contribution in [3.63, 3.8) is 0 Å². The van der Waals surface area contributed by atoms with E-state index in [1.54, 1.807) is 11.9 Å². The third-order valence-corrected chi connectivity index (χ3v) is 2.03. The van der Waals surface area contributed by atoms with Gasteiger partial charge in [0.2, 0.25) is 5.91 Å². The first-order valence-electron chi connectivity index (χ1n) is 5.02. The Bertz CT molecular complexity index is 210. The number of amides is 1. The van der Waals surface area contributed by atoms with Crippen molar-refractivity contribution in [2.45, 2.75) is 32.7 Å². The summed E-state index contributed by atoms with van der Waals surface area (Å²) in [5.74, 6) is -0.0111. The van der Waals surface area contributed by atoms with E-state index in [0.29, 0.717) is 13.1 Å². The quantitative estimate of drug-likeness (QED) is 0.683. The van der Waals surface area contributed by atoms with Gasteiger partial charge in [0.1, 0.15) is 0 Å². The highest BCUT2D eigenvalue weighted by Crippen LogP contribution is 1.98. The van der Waals surface area contributed by atoms with Crippen LogP contribution in [0.3, 0.4) is 0 Å². The van der Waals surface area contributed by atoms with Crippen molar-refractivity contribution in [2.75, 3.05) is 20.1 Å². The van der Waals surface area contributed by atoms with Crippen LogP contribution in [0.5, 0.6) is 0 Å². The van der Waals surface area contributed by atoms with Crippen LogP contribution in [0.1, 0.15) is 26.7 Å². The predicted octanol–water partition coefficient (Wildman–Crippen LogP) is 0.747. The van der Waals surface area contributed by atoms with Gasteiger partial charge in [0.05, 0.1) is 18.7 Å². The van der Waals surface area contributed by atoms with E-state index in [0.717, 1.165) is 12.8 Å². The molecule has 0 saturated carbocycles. The number of hydrogen-bond donors (Lipinski definition) is 1. The lowest BCUT2D eigenvalue weighted by Crippen LogP contribution is -2.40. The minimum atomic E-state index is -0.164. The van der Waals surface area contributed by atoms with E-state index in [1.165, 1.54) is 0 Å². The number of nitrogens with one attached hydrogen (secondary N) is 1. The van der Waals surface area contributed by atoms with E-state index < -0.39 is 0 Å². The maximum atomic E-state index is 11.3. The summed E-state index contributed by atoms with van der Waals surface area (Å²) < 4.78 is 0. The van der Waals surface area contributed by atoms with Gasteiger partial charge in [-0.2, -0.15) is 5.26 Å². The molecule has 4 nitrogen and oxygen atoms in total. The Morgan fingerprint density at radius 1 is 1.57 bits per heavy atom. The zero-order valence-corrected chi connectivity index (χ0v) is 9.21. The second kappa shape index (κ2) is 7.34. The molecular weight excluding hydrogens is 178 g/mol. The van der Waals surface area contributed by atoms with E-state index >= 15 is 0 Å². The first-order valence-corrected chi connectivity index (χ1v) is 5.02. The Labute approximate surface area is 85.9 Å². The van der Waals surface area contributed by atoms with Crippen molar-refractivity contribution in [3.05, 3.63) is 0 Å². The Hall–Kier alpha value is -1.08. The van der Waals surface area contributed by atoms with Crippen molar-refractivity contribution < 1.29 is 4.79 Å². The molecule has 0 heterocycles. The molecule has 80 valence electrons. The monoisotopic (exact) mass is 197 g/mol. The number of likely N-dealkylation sites (N-methyl/N-ethyl adjacent to an activating group) is 1. The molecule has 0 aromatic heterocycles. The molecular formula is C10H19N3O. The summed E-state index contributed by atoms with van der Waals surface area (Å²) in [7, 11) is 1.79. The number of nitriles is 1. The third-order valence-electron chi connectivity index (χ3n) is 2.03. The van der Waals surface area contributed by atoms with E-state index in [4.69, 9.17) is 5.26 Å². The van der Waals surface area contributed by atoms with Crippen LogP contribution >= 0.6 is 0 Å². The van der Waals surface area contributed by atoms with Gasteiger partial charge in [-0.3, -0.25) is 9.69 Å². The SMILES string of the molecule is CCCNC(=O)CN(C)C(C#N)CC. The number of carbonyl (C=O) groups is 1. The summed E-state index contributed by atoms with van der Waals surface area (Å²) in [4.78, 5) is 13.1. The van der Waals surface area contributed by atoms with E-state index in [2.05, 4.69) is 11.4 Å². The zero-order valence-electron chi connectivity index (χ0n) is 9.21. The van der Waals surface area contributed by atoms with Gasteiger partial charge in [-0.05, 0) is 19.9 Å². The molecule has 1 unspecified atom stereocenters. The smallest absolute Gasteiger partial charge is 0.234 e. The minimum absolute atomic E-state index is 0.0111. The largest absolute Gasteiger partial charge is 0.355 e. The predicted molar refractivity (Wildman–Crippen MR) is 55.6 cm³/mol. The van der Waals surface area contributed by atoms with E-state index in [-0.39, 0.29) is 11.9 Å².